The highest BCUT2D eigenvalue weighted by Gasteiger charge is 2.32. The van der Waals surface area contributed by atoms with Gasteiger partial charge in [-0.3, -0.25) is 9.59 Å². The standard InChI is InChI=1S/C9H15NO5/c1-4(5(2)8(12)13)7(9(14)15)10-6(3)11/h4-5,7H,1-3H3,(H,10,11)(H,12,13)(H,14,15). The van der Waals surface area contributed by atoms with Gasteiger partial charge in [-0.2, -0.15) is 0 Å². The molecule has 0 spiro atoms. The minimum absolute atomic E-state index is 0.494. The van der Waals surface area contributed by atoms with E-state index in [0.29, 0.717) is 0 Å². The maximum absolute atomic E-state index is 10.8. The number of hydrogen-bond acceptors (Lipinski definition) is 3. The molecule has 0 rings (SSSR count). The van der Waals surface area contributed by atoms with Crippen molar-refractivity contribution in [3.05, 3.63) is 0 Å². The van der Waals surface area contributed by atoms with Crippen molar-refractivity contribution in [3.8, 4) is 0 Å². The predicted octanol–water partition coefficient (Wildman–Crippen LogP) is -0.0675. The van der Waals surface area contributed by atoms with Crippen molar-refractivity contribution in [1.82, 2.24) is 5.32 Å². The molecule has 0 saturated carbocycles. The van der Waals surface area contributed by atoms with E-state index < -0.39 is 35.7 Å². The third-order valence-electron chi connectivity index (χ3n) is 2.33. The van der Waals surface area contributed by atoms with Gasteiger partial charge in [-0.15, -0.1) is 0 Å². The van der Waals surface area contributed by atoms with Crippen molar-refractivity contribution < 1.29 is 24.6 Å². The number of rotatable bonds is 5. The van der Waals surface area contributed by atoms with Crippen LogP contribution in [-0.2, 0) is 14.4 Å². The van der Waals surface area contributed by atoms with E-state index in [1.165, 1.54) is 20.8 Å². The molecule has 0 saturated heterocycles. The van der Waals surface area contributed by atoms with Crippen molar-refractivity contribution in [2.45, 2.75) is 26.8 Å². The fourth-order valence-corrected chi connectivity index (χ4v) is 1.15. The molecule has 6 heteroatoms. The van der Waals surface area contributed by atoms with Crippen molar-refractivity contribution in [1.29, 1.82) is 0 Å². The van der Waals surface area contributed by atoms with Gasteiger partial charge in [-0.1, -0.05) is 13.8 Å². The topological polar surface area (TPSA) is 104 Å². The molecule has 0 aliphatic rings. The summed E-state index contributed by atoms with van der Waals surface area (Å²) >= 11 is 0. The molecule has 3 unspecified atom stereocenters. The zero-order valence-electron chi connectivity index (χ0n) is 8.85. The molecule has 0 heterocycles. The van der Waals surface area contributed by atoms with Crippen molar-refractivity contribution in [3.63, 3.8) is 0 Å². The number of nitrogens with one attached hydrogen (secondary N) is 1. The van der Waals surface area contributed by atoms with Gasteiger partial charge in [0, 0.05) is 12.8 Å². The highest BCUT2D eigenvalue weighted by Crippen LogP contribution is 2.16. The van der Waals surface area contributed by atoms with E-state index in [4.69, 9.17) is 10.2 Å². The largest absolute Gasteiger partial charge is 0.481 e. The first kappa shape index (κ1) is 13.4. The van der Waals surface area contributed by atoms with E-state index in [-0.39, 0.29) is 0 Å². The Morgan fingerprint density at radius 1 is 1.07 bits per heavy atom. The monoisotopic (exact) mass is 217 g/mol. The van der Waals surface area contributed by atoms with Gasteiger partial charge in [0.05, 0.1) is 5.92 Å². The van der Waals surface area contributed by atoms with Crippen LogP contribution in [0.5, 0.6) is 0 Å². The number of carboxylic acids is 2. The molecule has 0 bridgehead atoms. The van der Waals surface area contributed by atoms with Crippen molar-refractivity contribution in [2.75, 3.05) is 0 Å². The molecular formula is C9H15NO5. The smallest absolute Gasteiger partial charge is 0.326 e. The van der Waals surface area contributed by atoms with Crippen LogP contribution in [0.3, 0.4) is 0 Å². The van der Waals surface area contributed by atoms with Crippen LogP contribution in [0.25, 0.3) is 0 Å². The highest BCUT2D eigenvalue weighted by molar-refractivity contribution is 5.83. The molecule has 0 aromatic rings. The summed E-state index contributed by atoms with van der Waals surface area (Å²) in [6, 6.07) is -1.17. The minimum Gasteiger partial charge on any atom is -0.481 e. The summed E-state index contributed by atoms with van der Waals surface area (Å²) in [7, 11) is 0. The van der Waals surface area contributed by atoms with Gasteiger partial charge in [-0.05, 0) is 0 Å². The Balaban J connectivity index is 4.69. The van der Waals surface area contributed by atoms with E-state index in [1.54, 1.807) is 0 Å². The van der Waals surface area contributed by atoms with Gasteiger partial charge in [0.15, 0.2) is 0 Å². The van der Waals surface area contributed by atoms with E-state index >= 15 is 0 Å². The molecular weight excluding hydrogens is 202 g/mol. The Morgan fingerprint density at radius 3 is 1.80 bits per heavy atom. The fraction of sp³-hybridized carbons (Fsp3) is 0.667. The molecule has 0 aromatic carbocycles. The fourth-order valence-electron chi connectivity index (χ4n) is 1.15. The molecule has 86 valence electrons. The maximum Gasteiger partial charge on any atom is 0.326 e. The SMILES string of the molecule is CC(=O)NC(C(=O)O)C(C)C(C)C(=O)O. The van der Waals surface area contributed by atoms with Crippen molar-refractivity contribution in [2.24, 2.45) is 11.8 Å². The average molecular weight is 217 g/mol. The molecule has 1 amide bonds. The number of aliphatic carboxylic acids is 2. The van der Waals surface area contributed by atoms with E-state index in [2.05, 4.69) is 5.32 Å². The Labute approximate surface area is 87.3 Å². The van der Waals surface area contributed by atoms with E-state index in [0.717, 1.165) is 0 Å². The molecule has 0 radical (unpaired) electrons. The first-order chi connectivity index (χ1) is 6.77. The van der Waals surface area contributed by atoms with Crippen LogP contribution in [0.1, 0.15) is 20.8 Å². The zero-order valence-corrected chi connectivity index (χ0v) is 8.85. The predicted molar refractivity (Wildman–Crippen MR) is 51.2 cm³/mol. The zero-order chi connectivity index (χ0) is 12.2. The molecule has 3 N–H and O–H groups in total. The molecule has 0 aromatic heterocycles. The second-order valence-electron chi connectivity index (χ2n) is 3.50. The number of amides is 1. The summed E-state index contributed by atoms with van der Waals surface area (Å²) in [5.41, 5.74) is 0. The number of carbonyl (C=O) groups is 3. The third kappa shape index (κ3) is 3.97. The van der Waals surface area contributed by atoms with Crippen LogP contribution >= 0.6 is 0 Å². The van der Waals surface area contributed by atoms with Crippen LogP contribution in [0.4, 0.5) is 0 Å². The van der Waals surface area contributed by atoms with Crippen LogP contribution in [-0.4, -0.2) is 34.1 Å². The lowest BCUT2D eigenvalue weighted by molar-refractivity contribution is -0.147. The number of carbonyl (C=O) groups excluding carboxylic acids is 1. The lowest BCUT2D eigenvalue weighted by atomic mass is 9.89. The van der Waals surface area contributed by atoms with Crippen LogP contribution < -0.4 is 5.32 Å². The second kappa shape index (κ2) is 5.33. The second-order valence-corrected chi connectivity index (χ2v) is 3.50. The van der Waals surface area contributed by atoms with E-state index in [1.807, 2.05) is 0 Å². The quantitative estimate of drug-likeness (QED) is 0.598. The van der Waals surface area contributed by atoms with Gasteiger partial charge in [0.25, 0.3) is 0 Å². The highest BCUT2D eigenvalue weighted by atomic mass is 16.4. The van der Waals surface area contributed by atoms with Gasteiger partial charge in [-0.25, -0.2) is 4.79 Å². The van der Waals surface area contributed by atoms with Gasteiger partial charge < -0.3 is 15.5 Å². The first-order valence-corrected chi connectivity index (χ1v) is 4.50. The van der Waals surface area contributed by atoms with Gasteiger partial charge in [0.1, 0.15) is 6.04 Å². The molecule has 3 atom stereocenters. The summed E-state index contributed by atoms with van der Waals surface area (Å²) in [5, 5.41) is 19.7. The summed E-state index contributed by atoms with van der Waals surface area (Å²) in [4.78, 5) is 32.2. The summed E-state index contributed by atoms with van der Waals surface area (Å²) in [6.45, 7) is 4.08. The van der Waals surface area contributed by atoms with Crippen molar-refractivity contribution >= 4 is 17.8 Å². The molecule has 0 aliphatic heterocycles. The summed E-state index contributed by atoms with van der Waals surface area (Å²) in [6.07, 6.45) is 0. The van der Waals surface area contributed by atoms with Crippen LogP contribution in [0, 0.1) is 11.8 Å². The minimum atomic E-state index is -1.23. The Kier molecular flexibility index (Phi) is 4.77. The molecule has 0 fully saturated rings. The lowest BCUT2D eigenvalue weighted by Gasteiger charge is -2.23. The lowest BCUT2D eigenvalue weighted by Crippen LogP contribution is -2.47. The molecule has 15 heavy (non-hydrogen) atoms. The average Bonchev–Trinajstić information content (AvgIpc) is 2.10. The third-order valence-corrected chi connectivity index (χ3v) is 2.33. The van der Waals surface area contributed by atoms with Crippen LogP contribution in [0.15, 0.2) is 0 Å². The molecule has 6 nitrogen and oxygen atoms in total. The first-order valence-electron chi connectivity index (χ1n) is 4.50. The Bertz CT molecular complexity index is 276. The van der Waals surface area contributed by atoms with E-state index in [9.17, 15) is 14.4 Å². The number of hydrogen-bond donors (Lipinski definition) is 3. The summed E-state index contributed by atoms with van der Waals surface area (Å²) < 4.78 is 0. The van der Waals surface area contributed by atoms with Gasteiger partial charge >= 0.3 is 11.9 Å². The Hall–Kier alpha value is -1.59. The summed E-state index contributed by atoms with van der Waals surface area (Å²) in [5.74, 6) is -4.32. The van der Waals surface area contributed by atoms with Gasteiger partial charge in [0.2, 0.25) is 5.91 Å². The molecule has 0 aliphatic carbocycles. The Morgan fingerprint density at radius 2 is 1.53 bits per heavy atom. The van der Waals surface area contributed by atoms with Crippen LogP contribution in [0.2, 0.25) is 0 Å². The number of carboxylic acid groups (broad SMARTS) is 2. The normalized spacial score (nSPS) is 16.2. The maximum atomic E-state index is 10.8.